The van der Waals surface area contributed by atoms with E-state index in [9.17, 15) is 9.59 Å². The van der Waals surface area contributed by atoms with Crippen molar-refractivity contribution in [1.29, 1.82) is 0 Å². The SMILES string of the molecule is O=C(Nc1ccc(Nc2ccccc2)c2c1C(=O)CC2)c1ccc(NCCCN2CCCC2)cc1. The third-order valence-electron chi connectivity index (χ3n) is 6.82. The highest BCUT2D eigenvalue weighted by atomic mass is 16.1. The van der Waals surface area contributed by atoms with Gasteiger partial charge < -0.3 is 20.9 Å². The van der Waals surface area contributed by atoms with Crippen LogP contribution in [0.2, 0.25) is 0 Å². The molecule has 5 rings (SSSR count). The van der Waals surface area contributed by atoms with Crippen molar-refractivity contribution in [3.8, 4) is 0 Å². The van der Waals surface area contributed by atoms with Gasteiger partial charge in [-0.25, -0.2) is 0 Å². The van der Waals surface area contributed by atoms with Crippen LogP contribution in [0.4, 0.5) is 22.7 Å². The molecule has 0 bridgehead atoms. The Morgan fingerprint density at radius 3 is 2.34 bits per heavy atom. The maximum absolute atomic E-state index is 13.0. The Hall–Kier alpha value is -3.64. The maximum atomic E-state index is 13.0. The minimum Gasteiger partial charge on any atom is -0.385 e. The lowest BCUT2D eigenvalue weighted by Crippen LogP contribution is -2.22. The quantitative estimate of drug-likeness (QED) is 0.351. The van der Waals surface area contributed by atoms with Crippen molar-refractivity contribution in [1.82, 2.24) is 4.90 Å². The normalized spacial score (nSPS) is 15.1. The number of hydrogen-bond donors (Lipinski definition) is 3. The first kappa shape index (κ1) is 23.1. The second-order valence-corrected chi connectivity index (χ2v) is 9.29. The Morgan fingerprint density at radius 2 is 1.57 bits per heavy atom. The molecular weight excluding hydrogens is 436 g/mol. The Labute approximate surface area is 206 Å². The molecular formula is C29H32N4O2. The lowest BCUT2D eigenvalue weighted by Gasteiger charge is -2.15. The molecule has 0 radical (unpaired) electrons. The van der Waals surface area contributed by atoms with E-state index in [2.05, 4.69) is 20.9 Å². The first-order chi connectivity index (χ1) is 17.2. The standard InChI is InChI=1S/C29H32N4O2/c34-27-16-13-24-25(31-23-7-2-1-3-8-23)14-15-26(28(24)27)32-29(35)21-9-11-22(12-10-21)30-17-6-20-33-18-4-5-19-33/h1-3,7-12,14-15,30-31H,4-6,13,16-20H2,(H,32,35). The van der Waals surface area contributed by atoms with Gasteiger partial charge in [-0.15, -0.1) is 0 Å². The van der Waals surface area contributed by atoms with E-state index in [0.29, 0.717) is 29.7 Å². The molecule has 1 saturated heterocycles. The predicted molar refractivity (Wildman–Crippen MR) is 142 cm³/mol. The van der Waals surface area contributed by atoms with Crippen molar-refractivity contribution in [2.75, 3.05) is 42.1 Å². The Morgan fingerprint density at radius 1 is 0.829 bits per heavy atom. The monoisotopic (exact) mass is 468 g/mol. The van der Waals surface area contributed by atoms with E-state index >= 15 is 0 Å². The average Bonchev–Trinajstić information content (AvgIpc) is 3.55. The van der Waals surface area contributed by atoms with Crippen LogP contribution >= 0.6 is 0 Å². The zero-order chi connectivity index (χ0) is 24.0. The molecule has 1 amide bonds. The van der Waals surface area contributed by atoms with Gasteiger partial charge in [-0.2, -0.15) is 0 Å². The van der Waals surface area contributed by atoms with Gasteiger partial charge >= 0.3 is 0 Å². The Kier molecular flexibility index (Phi) is 7.09. The molecule has 0 spiro atoms. The van der Waals surface area contributed by atoms with Crippen LogP contribution in [-0.2, 0) is 6.42 Å². The summed E-state index contributed by atoms with van der Waals surface area (Å²) in [7, 11) is 0. The summed E-state index contributed by atoms with van der Waals surface area (Å²) in [5, 5.41) is 9.82. The van der Waals surface area contributed by atoms with Gasteiger partial charge in [0.15, 0.2) is 5.78 Å². The Balaban J connectivity index is 1.21. The third-order valence-corrected chi connectivity index (χ3v) is 6.82. The van der Waals surface area contributed by atoms with Crippen molar-refractivity contribution in [2.24, 2.45) is 0 Å². The minimum absolute atomic E-state index is 0.0699. The van der Waals surface area contributed by atoms with Crippen molar-refractivity contribution in [3.05, 3.63) is 83.4 Å². The first-order valence-corrected chi connectivity index (χ1v) is 12.6. The molecule has 35 heavy (non-hydrogen) atoms. The highest BCUT2D eigenvalue weighted by Gasteiger charge is 2.27. The first-order valence-electron chi connectivity index (χ1n) is 12.6. The topological polar surface area (TPSA) is 73.5 Å². The van der Waals surface area contributed by atoms with Gasteiger partial charge in [0.1, 0.15) is 0 Å². The number of amides is 1. The number of anilines is 4. The number of hydrogen-bond acceptors (Lipinski definition) is 5. The highest BCUT2D eigenvalue weighted by molar-refractivity contribution is 6.12. The zero-order valence-electron chi connectivity index (χ0n) is 20.0. The fourth-order valence-electron chi connectivity index (χ4n) is 4.96. The van der Waals surface area contributed by atoms with Gasteiger partial charge in [-0.1, -0.05) is 18.2 Å². The van der Waals surface area contributed by atoms with Crippen molar-refractivity contribution in [2.45, 2.75) is 32.1 Å². The molecule has 2 aliphatic rings. The van der Waals surface area contributed by atoms with Crippen LogP contribution in [0.5, 0.6) is 0 Å². The Bertz CT molecular complexity index is 1190. The van der Waals surface area contributed by atoms with E-state index in [-0.39, 0.29) is 11.7 Å². The van der Waals surface area contributed by atoms with Crippen molar-refractivity contribution in [3.63, 3.8) is 0 Å². The van der Waals surface area contributed by atoms with Crippen LogP contribution in [0.1, 0.15) is 52.0 Å². The number of Topliss-reactive ketones (excluding diaryl/α,β-unsaturated/α-hetero) is 1. The minimum atomic E-state index is -0.212. The maximum Gasteiger partial charge on any atom is 0.255 e. The number of nitrogens with one attached hydrogen (secondary N) is 3. The van der Waals surface area contributed by atoms with E-state index in [1.165, 1.54) is 25.9 Å². The largest absolute Gasteiger partial charge is 0.385 e. The van der Waals surface area contributed by atoms with E-state index < -0.39 is 0 Å². The molecule has 1 fully saturated rings. The fraction of sp³-hybridized carbons (Fsp3) is 0.310. The summed E-state index contributed by atoms with van der Waals surface area (Å²) in [6, 6.07) is 21.2. The van der Waals surface area contributed by atoms with Crippen LogP contribution in [0, 0.1) is 0 Å². The number of carbonyl (C=O) groups is 2. The second-order valence-electron chi connectivity index (χ2n) is 9.29. The van der Waals surface area contributed by atoms with Crippen LogP contribution in [0.3, 0.4) is 0 Å². The van der Waals surface area contributed by atoms with Crippen LogP contribution in [-0.4, -0.2) is 42.8 Å². The van der Waals surface area contributed by atoms with Crippen molar-refractivity contribution >= 4 is 34.4 Å². The lowest BCUT2D eigenvalue weighted by molar-refractivity contribution is 0.0995. The van der Waals surface area contributed by atoms with Crippen LogP contribution in [0.25, 0.3) is 0 Å². The molecule has 180 valence electrons. The number of benzene rings is 3. The number of nitrogens with zero attached hydrogens (tertiary/aromatic N) is 1. The molecule has 3 aromatic rings. The van der Waals surface area contributed by atoms with Crippen molar-refractivity contribution < 1.29 is 9.59 Å². The number of rotatable bonds is 9. The predicted octanol–water partition coefficient (Wildman–Crippen LogP) is 5.71. The fourth-order valence-corrected chi connectivity index (χ4v) is 4.96. The summed E-state index contributed by atoms with van der Waals surface area (Å²) in [5.74, 6) is -0.142. The number of para-hydroxylation sites is 1. The van der Waals surface area contributed by atoms with Gasteiger partial charge in [0, 0.05) is 41.2 Å². The molecule has 0 aromatic heterocycles. The van der Waals surface area contributed by atoms with Gasteiger partial charge in [0.25, 0.3) is 5.91 Å². The molecule has 3 aromatic carbocycles. The summed E-state index contributed by atoms with van der Waals surface area (Å²) in [5.41, 5.74) is 5.62. The summed E-state index contributed by atoms with van der Waals surface area (Å²) >= 11 is 0. The highest BCUT2D eigenvalue weighted by Crippen LogP contribution is 2.36. The molecule has 1 aliphatic carbocycles. The number of likely N-dealkylation sites (tertiary alicyclic amines) is 1. The summed E-state index contributed by atoms with van der Waals surface area (Å²) < 4.78 is 0. The van der Waals surface area contributed by atoms with Gasteiger partial charge in [0.05, 0.1) is 5.69 Å². The van der Waals surface area contributed by atoms with E-state index in [1.54, 1.807) is 0 Å². The molecule has 0 unspecified atom stereocenters. The van der Waals surface area contributed by atoms with Gasteiger partial charge in [-0.05, 0) is 99.4 Å². The summed E-state index contributed by atoms with van der Waals surface area (Å²) in [6.45, 7) is 4.51. The average molecular weight is 469 g/mol. The summed E-state index contributed by atoms with van der Waals surface area (Å²) in [4.78, 5) is 28.1. The van der Waals surface area contributed by atoms with Crippen LogP contribution in [0.15, 0.2) is 66.7 Å². The van der Waals surface area contributed by atoms with Crippen LogP contribution < -0.4 is 16.0 Å². The molecule has 0 saturated carbocycles. The lowest BCUT2D eigenvalue weighted by atomic mass is 10.0. The van der Waals surface area contributed by atoms with E-state index in [1.807, 2.05) is 66.7 Å². The molecule has 6 nitrogen and oxygen atoms in total. The van der Waals surface area contributed by atoms with Gasteiger partial charge in [0.2, 0.25) is 0 Å². The number of ketones is 1. The third kappa shape index (κ3) is 5.54. The summed E-state index contributed by atoms with van der Waals surface area (Å²) in [6.07, 6.45) is 4.89. The van der Waals surface area contributed by atoms with E-state index in [4.69, 9.17) is 0 Å². The molecule has 0 atom stereocenters. The molecule has 1 aliphatic heterocycles. The molecule has 6 heteroatoms. The van der Waals surface area contributed by atoms with Gasteiger partial charge in [-0.3, -0.25) is 9.59 Å². The number of fused-ring (bicyclic) bond motifs is 1. The van der Waals surface area contributed by atoms with E-state index in [0.717, 1.165) is 42.1 Å². The smallest absolute Gasteiger partial charge is 0.255 e. The second kappa shape index (κ2) is 10.7. The zero-order valence-corrected chi connectivity index (χ0v) is 20.0. The molecule has 1 heterocycles. The molecule has 3 N–H and O–H groups in total. The number of carbonyl (C=O) groups excluding carboxylic acids is 2.